The van der Waals surface area contributed by atoms with Crippen LogP contribution >= 0.6 is 0 Å². The van der Waals surface area contributed by atoms with Gasteiger partial charge in [-0.1, -0.05) is 107 Å². The Balaban J connectivity index is 1.83. The van der Waals surface area contributed by atoms with Crippen molar-refractivity contribution < 1.29 is 0 Å². The van der Waals surface area contributed by atoms with Crippen molar-refractivity contribution in [1.29, 1.82) is 10.5 Å². The molecule has 0 N–H and O–H groups in total. The average molecular weight is 435 g/mol. The summed E-state index contributed by atoms with van der Waals surface area (Å²) in [5, 5.41) is 19.9. The third-order valence-electron chi connectivity index (χ3n) is 6.35. The lowest BCUT2D eigenvalue weighted by atomic mass is 9.89. The van der Waals surface area contributed by atoms with Gasteiger partial charge in [-0.15, -0.1) is 0 Å². The fraction of sp³-hybridized carbons (Fsp3) is 0.355. The molecule has 0 unspecified atom stereocenters. The number of unbranched alkanes of at least 4 members (excludes halogenated alkanes) is 5. The molecular formula is C31H34N2. The van der Waals surface area contributed by atoms with Crippen LogP contribution in [0, 0.1) is 22.7 Å². The summed E-state index contributed by atoms with van der Waals surface area (Å²) in [7, 11) is 0. The molecule has 0 amide bonds. The van der Waals surface area contributed by atoms with Gasteiger partial charge in [0, 0.05) is 11.1 Å². The monoisotopic (exact) mass is 434 g/mol. The highest BCUT2D eigenvalue weighted by atomic mass is 14.3. The number of nitrogens with zero attached hydrogens (tertiary/aromatic N) is 2. The van der Waals surface area contributed by atoms with Crippen LogP contribution in [0.15, 0.2) is 60.7 Å². The van der Waals surface area contributed by atoms with Crippen LogP contribution in [0.25, 0.3) is 22.3 Å². The van der Waals surface area contributed by atoms with Crippen molar-refractivity contribution in [3.05, 3.63) is 82.9 Å². The number of aryl methyl sites for hydroxylation is 2. The van der Waals surface area contributed by atoms with E-state index in [1.165, 1.54) is 56.1 Å². The highest BCUT2D eigenvalue weighted by Gasteiger charge is 2.16. The molecule has 3 aromatic rings. The first-order valence-electron chi connectivity index (χ1n) is 12.4. The van der Waals surface area contributed by atoms with Crippen LogP contribution in [-0.2, 0) is 12.8 Å². The van der Waals surface area contributed by atoms with E-state index in [-0.39, 0.29) is 0 Å². The van der Waals surface area contributed by atoms with E-state index in [2.05, 4.69) is 74.5 Å². The first-order chi connectivity index (χ1) is 16.2. The Labute approximate surface area is 199 Å². The smallest absolute Gasteiger partial charge is 0.101 e. The molecule has 0 saturated carbocycles. The van der Waals surface area contributed by atoms with Crippen LogP contribution in [0.1, 0.15) is 81.0 Å². The van der Waals surface area contributed by atoms with Crippen LogP contribution in [0.3, 0.4) is 0 Å². The lowest BCUT2D eigenvalue weighted by molar-refractivity contribution is 0.632. The van der Waals surface area contributed by atoms with Crippen molar-refractivity contribution in [2.45, 2.75) is 71.6 Å². The maximum atomic E-state index is 9.94. The molecule has 0 bridgehead atoms. The summed E-state index contributed by atoms with van der Waals surface area (Å²) >= 11 is 0. The van der Waals surface area contributed by atoms with E-state index in [1.807, 2.05) is 12.1 Å². The summed E-state index contributed by atoms with van der Waals surface area (Å²) in [5.41, 5.74) is 7.16. The van der Waals surface area contributed by atoms with Gasteiger partial charge in [0.2, 0.25) is 0 Å². The third kappa shape index (κ3) is 6.34. The average Bonchev–Trinajstić information content (AvgIpc) is 2.87. The fourth-order valence-electron chi connectivity index (χ4n) is 4.33. The zero-order chi connectivity index (χ0) is 23.5. The van der Waals surface area contributed by atoms with Crippen LogP contribution in [0.2, 0.25) is 0 Å². The molecule has 0 saturated heterocycles. The second-order valence-electron chi connectivity index (χ2n) is 8.80. The van der Waals surface area contributed by atoms with E-state index in [4.69, 9.17) is 0 Å². The Morgan fingerprint density at radius 1 is 0.515 bits per heavy atom. The fourth-order valence-corrected chi connectivity index (χ4v) is 4.33. The molecule has 2 heteroatoms. The molecule has 0 heterocycles. The zero-order valence-electron chi connectivity index (χ0n) is 20.0. The summed E-state index contributed by atoms with van der Waals surface area (Å²) in [6.07, 6.45) is 10.9. The first kappa shape index (κ1) is 24.3. The predicted molar refractivity (Wildman–Crippen MR) is 138 cm³/mol. The van der Waals surface area contributed by atoms with Crippen molar-refractivity contribution in [2.24, 2.45) is 0 Å². The second-order valence-corrected chi connectivity index (χ2v) is 8.80. The van der Waals surface area contributed by atoms with Gasteiger partial charge in [0.25, 0.3) is 0 Å². The van der Waals surface area contributed by atoms with Crippen molar-refractivity contribution in [3.63, 3.8) is 0 Å². The van der Waals surface area contributed by atoms with Gasteiger partial charge < -0.3 is 0 Å². The molecule has 3 rings (SSSR count). The molecule has 0 fully saturated rings. The van der Waals surface area contributed by atoms with E-state index in [1.54, 1.807) is 0 Å². The maximum absolute atomic E-state index is 9.94. The summed E-state index contributed by atoms with van der Waals surface area (Å²) in [5.74, 6) is 0. The van der Waals surface area contributed by atoms with Crippen molar-refractivity contribution in [1.82, 2.24) is 0 Å². The Kier molecular flexibility index (Phi) is 9.29. The van der Waals surface area contributed by atoms with Gasteiger partial charge in [-0.25, -0.2) is 0 Å². The molecule has 3 aromatic carbocycles. The van der Waals surface area contributed by atoms with Crippen molar-refractivity contribution >= 4 is 0 Å². The molecule has 0 aliphatic heterocycles. The number of nitriles is 2. The predicted octanol–water partition coefficient (Wildman–Crippen LogP) is 8.62. The SMILES string of the molecule is CCCCCCCc1ccc(-c2ccc(-c3ccc(CCCC)cc3)c(C#N)c2C#N)cc1. The van der Waals surface area contributed by atoms with E-state index in [9.17, 15) is 10.5 Å². The molecule has 0 aliphatic rings. The van der Waals surface area contributed by atoms with Crippen molar-refractivity contribution in [3.8, 4) is 34.4 Å². The Bertz CT molecular complexity index is 1110. The number of hydrogen-bond acceptors (Lipinski definition) is 2. The summed E-state index contributed by atoms with van der Waals surface area (Å²) in [6.45, 7) is 4.43. The summed E-state index contributed by atoms with van der Waals surface area (Å²) < 4.78 is 0. The Morgan fingerprint density at radius 2 is 0.939 bits per heavy atom. The maximum Gasteiger partial charge on any atom is 0.101 e. The second kappa shape index (κ2) is 12.6. The normalized spacial score (nSPS) is 10.5. The van der Waals surface area contributed by atoms with Crippen LogP contribution in [0.4, 0.5) is 0 Å². The van der Waals surface area contributed by atoms with Gasteiger partial charge >= 0.3 is 0 Å². The van der Waals surface area contributed by atoms with Crippen molar-refractivity contribution in [2.75, 3.05) is 0 Å². The highest BCUT2D eigenvalue weighted by molar-refractivity contribution is 5.82. The molecular weight excluding hydrogens is 400 g/mol. The van der Waals surface area contributed by atoms with Gasteiger partial charge in [0.1, 0.15) is 12.1 Å². The first-order valence-corrected chi connectivity index (χ1v) is 12.4. The van der Waals surface area contributed by atoms with E-state index in [0.29, 0.717) is 11.1 Å². The van der Waals surface area contributed by atoms with E-state index < -0.39 is 0 Å². The van der Waals surface area contributed by atoms with Gasteiger partial charge in [0.15, 0.2) is 0 Å². The minimum absolute atomic E-state index is 0.455. The lowest BCUT2D eigenvalue weighted by Crippen LogP contribution is -1.95. The summed E-state index contributed by atoms with van der Waals surface area (Å²) in [6, 6.07) is 25.5. The Hall–Kier alpha value is -3.36. The molecule has 0 aliphatic carbocycles. The van der Waals surface area contributed by atoms with Crippen LogP contribution in [0.5, 0.6) is 0 Å². The summed E-state index contributed by atoms with van der Waals surface area (Å²) in [4.78, 5) is 0. The molecule has 168 valence electrons. The standard InChI is InChI=1S/C31H34N2/c1-3-5-7-8-9-11-25-14-18-27(19-15-25)29-21-20-28(30(22-32)31(29)23-33)26-16-12-24(13-17-26)10-6-4-2/h12-21H,3-11H2,1-2H3. The lowest BCUT2D eigenvalue weighted by Gasteiger charge is -2.12. The molecule has 0 aromatic heterocycles. The van der Waals surface area contributed by atoms with Crippen LogP contribution in [-0.4, -0.2) is 0 Å². The number of hydrogen-bond donors (Lipinski definition) is 0. The highest BCUT2D eigenvalue weighted by Crippen LogP contribution is 2.33. The Morgan fingerprint density at radius 3 is 1.36 bits per heavy atom. The molecule has 33 heavy (non-hydrogen) atoms. The topological polar surface area (TPSA) is 47.6 Å². The largest absolute Gasteiger partial charge is 0.192 e. The third-order valence-corrected chi connectivity index (χ3v) is 6.35. The number of rotatable bonds is 11. The van der Waals surface area contributed by atoms with Gasteiger partial charge in [-0.2, -0.15) is 10.5 Å². The minimum atomic E-state index is 0.455. The molecule has 0 atom stereocenters. The quantitative estimate of drug-likeness (QED) is 0.284. The molecule has 2 nitrogen and oxygen atoms in total. The van der Waals surface area contributed by atoms with Gasteiger partial charge in [-0.3, -0.25) is 0 Å². The van der Waals surface area contributed by atoms with Gasteiger partial charge in [0.05, 0.1) is 11.1 Å². The number of benzene rings is 3. The van der Waals surface area contributed by atoms with Gasteiger partial charge in [-0.05, 0) is 47.9 Å². The van der Waals surface area contributed by atoms with E-state index >= 15 is 0 Å². The zero-order valence-corrected chi connectivity index (χ0v) is 20.0. The van der Waals surface area contributed by atoms with Crippen LogP contribution < -0.4 is 0 Å². The molecule has 0 radical (unpaired) electrons. The molecule has 0 spiro atoms. The van der Waals surface area contributed by atoms with E-state index in [0.717, 1.165) is 35.1 Å². The minimum Gasteiger partial charge on any atom is -0.192 e.